The summed E-state index contributed by atoms with van der Waals surface area (Å²) in [5.41, 5.74) is 0.557. The van der Waals surface area contributed by atoms with Gasteiger partial charge in [0.25, 0.3) is 0 Å². The first-order chi connectivity index (χ1) is 9.06. The van der Waals surface area contributed by atoms with Gasteiger partial charge in [-0.15, -0.1) is 0 Å². The van der Waals surface area contributed by atoms with Crippen LogP contribution in [0.5, 0.6) is 0 Å². The molecule has 0 spiro atoms. The molecule has 2 rings (SSSR count). The standard InChI is InChI=1S/C17H32BrN/c1-14-10-15(2)16(3)19(11-14)13-17(12-18)8-6-4-5-7-9-17/h14-16H,4-13H2,1-3H3. The monoisotopic (exact) mass is 329 g/mol. The highest BCUT2D eigenvalue weighted by Crippen LogP contribution is 2.39. The molecule has 3 unspecified atom stereocenters. The molecule has 0 radical (unpaired) electrons. The highest BCUT2D eigenvalue weighted by Gasteiger charge is 2.36. The fourth-order valence-electron chi connectivity index (χ4n) is 4.28. The molecule has 1 nitrogen and oxygen atoms in total. The summed E-state index contributed by atoms with van der Waals surface area (Å²) in [4.78, 5) is 2.81. The minimum Gasteiger partial charge on any atom is -0.300 e. The number of halogens is 1. The van der Waals surface area contributed by atoms with Gasteiger partial charge in [-0.05, 0) is 43.4 Å². The Morgan fingerprint density at radius 3 is 2.26 bits per heavy atom. The van der Waals surface area contributed by atoms with Crippen molar-refractivity contribution in [2.45, 2.75) is 71.8 Å². The lowest BCUT2D eigenvalue weighted by Gasteiger charge is -2.46. The van der Waals surface area contributed by atoms with Gasteiger partial charge in [0.05, 0.1) is 0 Å². The molecule has 1 aliphatic carbocycles. The summed E-state index contributed by atoms with van der Waals surface area (Å²) in [5.74, 6) is 1.74. The van der Waals surface area contributed by atoms with Crippen molar-refractivity contribution in [2.75, 3.05) is 18.4 Å². The zero-order chi connectivity index (χ0) is 13.9. The molecule has 2 aliphatic rings. The molecule has 2 heteroatoms. The molecule has 1 saturated heterocycles. The number of hydrogen-bond acceptors (Lipinski definition) is 1. The van der Waals surface area contributed by atoms with Gasteiger partial charge < -0.3 is 0 Å². The summed E-state index contributed by atoms with van der Waals surface area (Å²) in [7, 11) is 0. The van der Waals surface area contributed by atoms with E-state index in [1.54, 1.807) is 0 Å². The maximum absolute atomic E-state index is 3.85. The summed E-state index contributed by atoms with van der Waals surface area (Å²) in [6.07, 6.45) is 10.1. The van der Waals surface area contributed by atoms with Crippen LogP contribution >= 0.6 is 15.9 Å². The van der Waals surface area contributed by atoms with Crippen LogP contribution in [0.3, 0.4) is 0 Å². The number of likely N-dealkylation sites (tertiary alicyclic amines) is 1. The minimum absolute atomic E-state index is 0.557. The second kappa shape index (κ2) is 6.93. The first-order valence-electron chi connectivity index (χ1n) is 8.36. The van der Waals surface area contributed by atoms with Gasteiger partial charge in [0, 0.05) is 24.5 Å². The molecule has 2 fully saturated rings. The maximum atomic E-state index is 3.85. The Morgan fingerprint density at radius 2 is 1.68 bits per heavy atom. The van der Waals surface area contributed by atoms with Gasteiger partial charge in [-0.2, -0.15) is 0 Å². The Morgan fingerprint density at radius 1 is 1.05 bits per heavy atom. The van der Waals surface area contributed by atoms with Gasteiger partial charge in [0.15, 0.2) is 0 Å². The predicted octanol–water partition coefficient (Wildman–Crippen LogP) is 5.09. The Hall–Kier alpha value is 0.440. The van der Waals surface area contributed by atoms with Gasteiger partial charge in [-0.1, -0.05) is 55.5 Å². The van der Waals surface area contributed by atoms with E-state index in [1.165, 1.54) is 63.4 Å². The lowest BCUT2D eigenvalue weighted by molar-refractivity contribution is 0.0379. The zero-order valence-electron chi connectivity index (χ0n) is 13.1. The van der Waals surface area contributed by atoms with Crippen LogP contribution in [0.2, 0.25) is 0 Å². The normalized spacial score (nSPS) is 36.9. The Labute approximate surface area is 128 Å². The third kappa shape index (κ3) is 3.97. The van der Waals surface area contributed by atoms with Crippen LogP contribution in [0.15, 0.2) is 0 Å². The van der Waals surface area contributed by atoms with Crippen LogP contribution in [0, 0.1) is 17.3 Å². The van der Waals surface area contributed by atoms with Gasteiger partial charge >= 0.3 is 0 Å². The predicted molar refractivity (Wildman–Crippen MR) is 87.9 cm³/mol. The van der Waals surface area contributed by atoms with Gasteiger partial charge in [0.1, 0.15) is 0 Å². The lowest BCUT2D eigenvalue weighted by Crippen LogP contribution is -2.50. The summed E-state index contributed by atoms with van der Waals surface area (Å²) >= 11 is 3.85. The number of hydrogen-bond donors (Lipinski definition) is 0. The van der Waals surface area contributed by atoms with Crippen molar-refractivity contribution >= 4 is 15.9 Å². The van der Waals surface area contributed by atoms with Crippen LogP contribution < -0.4 is 0 Å². The quantitative estimate of drug-likeness (QED) is 0.515. The molecule has 0 amide bonds. The zero-order valence-corrected chi connectivity index (χ0v) is 14.7. The molecule has 0 N–H and O–H groups in total. The number of nitrogens with zero attached hydrogens (tertiary/aromatic N) is 1. The Balaban J connectivity index is 2.03. The molecule has 0 aromatic carbocycles. The Bertz CT molecular complexity index is 270. The molecule has 3 atom stereocenters. The van der Waals surface area contributed by atoms with E-state index in [-0.39, 0.29) is 0 Å². The Kier molecular flexibility index (Phi) is 5.77. The van der Waals surface area contributed by atoms with E-state index in [9.17, 15) is 0 Å². The van der Waals surface area contributed by atoms with E-state index in [0.29, 0.717) is 5.41 Å². The molecular weight excluding hydrogens is 298 g/mol. The smallest absolute Gasteiger partial charge is 0.0100 e. The van der Waals surface area contributed by atoms with E-state index < -0.39 is 0 Å². The van der Waals surface area contributed by atoms with Gasteiger partial charge in [-0.25, -0.2) is 0 Å². The van der Waals surface area contributed by atoms with Crippen molar-refractivity contribution in [3.05, 3.63) is 0 Å². The average molecular weight is 330 g/mol. The highest BCUT2D eigenvalue weighted by molar-refractivity contribution is 9.09. The molecule has 112 valence electrons. The van der Waals surface area contributed by atoms with Crippen LogP contribution in [0.25, 0.3) is 0 Å². The molecule has 19 heavy (non-hydrogen) atoms. The van der Waals surface area contributed by atoms with Crippen molar-refractivity contribution in [3.63, 3.8) is 0 Å². The third-order valence-corrected chi connectivity index (χ3v) is 6.90. The number of rotatable bonds is 3. The lowest BCUT2D eigenvalue weighted by atomic mass is 9.79. The molecule has 0 aromatic heterocycles. The highest BCUT2D eigenvalue weighted by atomic mass is 79.9. The molecule has 0 aromatic rings. The third-order valence-electron chi connectivity index (χ3n) is 5.71. The van der Waals surface area contributed by atoms with E-state index >= 15 is 0 Å². The van der Waals surface area contributed by atoms with Crippen molar-refractivity contribution in [2.24, 2.45) is 17.3 Å². The average Bonchev–Trinajstić information content (AvgIpc) is 2.61. The van der Waals surface area contributed by atoms with Crippen LogP contribution in [-0.2, 0) is 0 Å². The van der Waals surface area contributed by atoms with E-state index in [2.05, 4.69) is 41.6 Å². The second-order valence-electron chi connectivity index (χ2n) is 7.54. The summed E-state index contributed by atoms with van der Waals surface area (Å²) in [6, 6.07) is 0.773. The van der Waals surface area contributed by atoms with Crippen molar-refractivity contribution in [3.8, 4) is 0 Å². The summed E-state index contributed by atoms with van der Waals surface area (Å²) < 4.78 is 0. The first kappa shape index (κ1) is 15.8. The molecule has 0 bridgehead atoms. The maximum Gasteiger partial charge on any atom is 0.0100 e. The molecule has 1 aliphatic heterocycles. The van der Waals surface area contributed by atoms with Gasteiger partial charge in [0.2, 0.25) is 0 Å². The van der Waals surface area contributed by atoms with Crippen molar-refractivity contribution in [1.29, 1.82) is 0 Å². The minimum atomic E-state index is 0.557. The van der Waals surface area contributed by atoms with Crippen LogP contribution in [-0.4, -0.2) is 29.4 Å². The topological polar surface area (TPSA) is 3.24 Å². The fraction of sp³-hybridized carbons (Fsp3) is 1.00. The molecule has 1 heterocycles. The largest absolute Gasteiger partial charge is 0.300 e. The summed E-state index contributed by atoms with van der Waals surface area (Å²) in [5, 5.41) is 1.20. The number of piperidine rings is 1. The first-order valence-corrected chi connectivity index (χ1v) is 9.48. The van der Waals surface area contributed by atoms with Crippen molar-refractivity contribution in [1.82, 2.24) is 4.90 Å². The SMILES string of the molecule is CC1CC(C)C(C)N(CC2(CBr)CCCCCC2)C1. The number of alkyl halides is 1. The summed E-state index contributed by atoms with van der Waals surface area (Å²) in [6.45, 7) is 9.98. The van der Waals surface area contributed by atoms with Crippen molar-refractivity contribution < 1.29 is 0 Å². The van der Waals surface area contributed by atoms with E-state index in [1.807, 2.05) is 0 Å². The van der Waals surface area contributed by atoms with Crippen LogP contribution in [0.4, 0.5) is 0 Å². The molecule has 1 saturated carbocycles. The van der Waals surface area contributed by atoms with Crippen LogP contribution in [0.1, 0.15) is 65.7 Å². The fourth-order valence-corrected chi connectivity index (χ4v) is 5.02. The van der Waals surface area contributed by atoms with Gasteiger partial charge in [-0.3, -0.25) is 4.90 Å². The molecular formula is C17H32BrN. The second-order valence-corrected chi connectivity index (χ2v) is 8.10. The van der Waals surface area contributed by atoms with E-state index in [4.69, 9.17) is 0 Å². The van der Waals surface area contributed by atoms with E-state index in [0.717, 1.165) is 17.9 Å².